The predicted molar refractivity (Wildman–Crippen MR) is 135 cm³/mol. The van der Waals surface area contributed by atoms with Crippen molar-refractivity contribution in [2.24, 2.45) is 23.7 Å². The molecule has 0 bridgehead atoms. The second-order valence-corrected chi connectivity index (χ2v) is 11.3. The van der Waals surface area contributed by atoms with Crippen LogP contribution in [0.1, 0.15) is 67.2 Å². The van der Waals surface area contributed by atoms with Gasteiger partial charge in [-0.25, -0.2) is 0 Å². The van der Waals surface area contributed by atoms with E-state index in [0.29, 0.717) is 12.8 Å². The third-order valence-electron chi connectivity index (χ3n) is 8.03. The molecular formula is C27H47NO9. The van der Waals surface area contributed by atoms with Crippen molar-refractivity contribution in [2.45, 2.75) is 116 Å². The number of Topliss-reactive ketones (excluding diaryl/α,β-unsaturated/α-hetero) is 2. The van der Waals surface area contributed by atoms with Crippen LogP contribution in [0.4, 0.5) is 0 Å². The lowest BCUT2D eigenvalue weighted by Crippen LogP contribution is -2.55. The number of hydrogen-bond donors (Lipinski definition) is 3. The summed E-state index contributed by atoms with van der Waals surface area (Å²) in [6, 6.07) is -0.201. The molecule has 214 valence electrons. The molecule has 2 aliphatic rings. The Hall–Kier alpha value is -1.43. The highest BCUT2D eigenvalue weighted by atomic mass is 16.7. The largest absolute Gasteiger partial charge is 0.459 e. The second-order valence-electron chi connectivity index (χ2n) is 11.3. The molecule has 2 heterocycles. The van der Waals surface area contributed by atoms with Gasteiger partial charge in [-0.2, -0.15) is 0 Å². The van der Waals surface area contributed by atoms with Crippen LogP contribution >= 0.6 is 0 Å². The summed E-state index contributed by atoms with van der Waals surface area (Å²) in [4.78, 5) is 41.0. The first kappa shape index (κ1) is 31.8. The van der Waals surface area contributed by atoms with Gasteiger partial charge in [0.25, 0.3) is 0 Å². The van der Waals surface area contributed by atoms with Gasteiger partial charge in [-0.3, -0.25) is 14.4 Å². The summed E-state index contributed by atoms with van der Waals surface area (Å²) in [7, 11) is 3.74. The van der Waals surface area contributed by atoms with E-state index in [0.717, 1.165) is 0 Å². The number of likely N-dealkylation sites (N-methyl/N-ethyl adjacent to an activating group) is 1. The zero-order chi connectivity index (χ0) is 28.2. The van der Waals surface area contributed by atoms with Gasteiger partial charge < -0.3 is 34.4 Å². The molecule has 0 amide bonds. The fraction of sp³-hybridized carbons (Fsp3) is 0.889. The van der Waals surface area contributed by atoms with Crippen molar-refractivity contribution in [3.05, 3.63) is 0 Å². The van der Waals surface area contributed by atoms with Crippen LogP contribution in [-0.2, 0) is 28.6 Å². The minimum Gasteiger partial charge on any atom is -0.459 e. The van der Waals surface area contributed by atoms with Gasteiger partial charge in [0.05, 0.1) is 18.3 Å². The fourth-order valence-electron chi connectivity index (χ4n) is 5.32. The van der Waals surface area contributed by atoms with Crippen molar-refractivity contribution in [2.75, 3.05) is 14.1 Å². The number of ether oxygens (including phenoxy) is 3. The number of carbonyl (C=O) groups excluding carboxylic acids is 3. The summed E-state index contributed by atoms with van der Waals surface area (Å²) >= 11 is 0. The Morgan fingerprint density at radius 3 is 2.14 bits per heavy atom. The standard InChI is InChI=1S/C27H47NO9/c1-9-20-25(33)23(31)17(6)22(30)14(3)10-13(2)21(12-19(29)16(5)26(34)36-20)37-27-24(32)18(28(7)8)11-15(4)35-27/h13-18,20-21,23-25,27,31-33H,9-12H2,1-8H3/t13-,14+,15+,16+,17-,18-,20+,21+,23+,24+,25+,27-/m0/s1. The molecule has 2 saturated heterocycles. The van der Waals surface area contributed by atoms with Crippen molar-refractivity contribution in [1.82, 2.24) is 4.90 Å². The summed E-state index contributed by atoms with van der Waals surface area (Å²) in [5.41, 5.74) is 0. The Kier molecular flexibility index (Phi) is 11.7. The first-order chi connectivity index (χ1) is 17.2. The summed E-state index contributed by atoms with van der Waals surface area (Å²) in [5.74, 6) is -4.31. The van der Waals surface area contributed by atoms with Crippen molar-refractivity contribution in [3.8, 4) is 0 Å². The van der Waals surface area contributed by atoms with Crippen LogP contribution < -0.4 is 0 Å². The number of rotatable bonds is 4. The molecule has 2 fully saturated rings. The van der Waals surface area contributed by atoms with E-state index in [4.69, 9.17) is 14.2 Å². The normalized spacial score (nSPS) is 43.4. The number of hydrogen-bond acceptors (Lipinski definition) is 10. The minimum atomic E-state index is -1.46. The molecule has 2 rings (SSSR count). The quantitative estimate of drug-likeness (QED) is 0.360. The average molecular weight is 530 g/mol. The number of nitrogens with zero attached hydrogens (tertiary/aromatic N) is 1. The Labute approximate surface area is 220 Å². The highest BCUT2D eigenvalue weighted by Crippen LogP contribution is 2.31. The van der Waals surface area contributed by atoms with Gasteiger partial charge in [-0.05, 0) is 53.1 Å². The molecule has 3 N–H and O–H groups in total. The van der Waals surface area contributed by atoms with E-state index >= 15 is 0 Å². The summed E-state index contributed by atoms with van der Waals surface area (Å²) < 4.78 is 17.6. The van der Waals surface area contributed by atoms with Gasteiger partial charge in [-0.1, -0.05) is 27.7 Å². The number of cyclic esters (lactones) is 1. The first-order valence-corrected chi connectivity index (χ1v) is 13.5. The van der Waals surface area contributed by atoms with E-state index in [1.54, 1.807) is 20.8 Å². The average Bonchev–Trinajstić information content (AvgIpc) is 2.85. The molecule has 0 unspecified atom stereocenters. The van der Waals surface area contributed by atoms with E-state index in [9.17, 15) is 29.7 Å². The molecule has 2 aliphatic heterocycles. The van der Waals surface area contributed by atoms with Crippen molar-refractivity contribution in [3.63, 3.8) is 0 Å². The lowest BCUT2D eigenvalue weighted by molar-refractivity contribution is -0.273. The monoisotopic (exact) mass is 529 g/mol. The number of aliphatic hydroxyl groups is 3. The van der Waals surface area contributed by atoms with Gasteiger partial charge in [0.15, 0.2) is 6.29 Å². The van der Waals surface area contributed by atoms with Gasteiger partial charge >= 0.3 is 5.97 Å². The predicted octanol–water partition coefficient (Wildman–Crippen LogP) is 1.32. The number of esters is 1. The molecule has 0 aliphatic carbocycles. The second kappa shape index (κ2) is 13.6. The van der Waals surface area contributed by atoms with E-state index in [2.05, 4.69) is 0 Å². The molecule has 0 saturated carbocycles. The van der Waals surface area contributed by atoms with Crippen LogP contribution in [0.2, 0.25) is 0 Å². The molecule has 10 heteroatoms. The van der Waals surface area contributed by atoms with Gasteiger partial charge in [-0.15, -0.1) is 0 Å². The SMILES string of the molecule is CC[C@H]1OC(=O)[C@H](C)C(=O)C[C@@H](O[C@@H]2O[C@H](C)C[C@H](N(C)C)[C@H]2O)[C@@H](C)C[C@@H](C)C(=O)[C@H](C)[C@@H](O)[C@@H]1O. The van der Waals surface area contributed by atoms with Gasteiger partial charge in [0.1, 0.15) is 35.8 Å². The fourth-order valence-corrected chi connectivity index (χ4v) is 5.32. The molecule has 0 radical (unpaired) electrons. The van der Waals surface area contributed by atoms with E-state index in [1.165, 1.54) is 6.92 Å². The van der Waals surface area contributed by atoms with E-state index in [-0.39, 0.29) is 36.7 Å². The lowest BCUT2D eigenvalue weighted by Gasteiger charge is -2.43. The molecule has 0 aromatic carbocycles. The zero-order valence-electron chi connectivity index (χ0n) is 23.5. The van der Waals surface area contributed by atoms with Crippen LogP contribution in [0.3, 0.4) is 0 Å². The molecular weight excluding hydrogens is 482 g/mol. The molecule has 0 aromatic rings. The van der Waals surface area contributed by atoms with Gasteiger partial charge in [0, 0.05) is 24.3 Å². The topological polar surface area (TPSA) is 143 Å². The molecule has 10 nitrogen and oxygen atoms in total. The Morgan fingerprint density at radius 1 is 0.946 bits per heavy atom. The summed E-state index contributed by atoms with van der Waals surface area (Å²) in [6.45, 7) is 10.2. The Balaban J connectivity index is 2.37. The van der Waals surface area contributed by atoms with Gasteiger partial charge in [0.2, 0.25) is 0 Å². The van der Waals surface area contributed by atoms with Crippen LogP contribution in [0, 0.1) is 23.7 Å². The van der Waals surface area contributed by atoms with Crippen LogP contribution in [0.25, 0.3) is 0 Å². The maximum atomic E-state index is 13.2. The van der Waals surface area contributed by atoms with E-state index < -0.39 is 66.3 Å². The molecule has 12 atom stereocenters. The molecule has 37 heavy (non-hydrogen) atoms. The van der Waals surface area contributed by atoms with Crippen LogP contribution in [-0.4, -0.2) is 101 Å². The summed E-state index contributed by atoms with van der Waals surface area (Å²) in [5, 5.41) is 32.3. The number of carbonyl (C=O) groups is 3. The molecule has 0 aromatic heterocycles. The van der Waals surface area contributed by atoms with Crippen LogP contribution in [0.5, 0.6) is 0 Å². The van der Waals surface area contributed by atoms with Crippen molar-refractivity contribution in [1.29, 1.82) is 0 Å². The highest BCUT2D eigenvalue weighted by molar-refractivity contribution is 5.98. The third kappa shape index (κ3) is 7.80. The lowest BCUT2D eigenvalue weighted by atomic mass is 9.81. The molecule has 0 spiro atoms. The zero-order valence-corrected chi connectivity index (χ0v) is 23.5. The smallest absolute Gasteiger partial charge is 0.316 e. The van der Waals surface area contributed by atoms with Crippen molar-refractivity contribution < 1.29 is 43.9 Å². The summed E-state index contributed by atoms with van der Waals surface area (Å²) in [6.07, 6.45) is -5.78. The van der Waals surface area contributed by atoms with E-state index in [1.807, 2.05) is 32.8 Å². The maximum Gasteiger partial charge on any atom is 0.316 e. The third-order valence-corrected chi connectivity index (χ3v) is 8.03. The number of ketones is 2. The number of aliphatic hydroxyl groups excluding tert-OH is 3. The Morgan fingerprint density at radius 2 is 1.57 bits per heavy atom. The Bertz CT molecular complexity index is 790. The first-order valence-electron chi connectivity index (χ1n) is 13.5. The maximum absolute atomic E-state index is 13.2. The minimum absolute atomic E-state index is 0.135. The van der Waals surface area contributed by atoms with Crippen LogP contribution in [0.15, 0.2) is 0 Å². The van der Waals surface area contributed by atoms with Crippen molar-refractivity contribution >= 4 is 17.5 Å². The highest BCUT2D eigenvalue weighted by Gasteiger charge is 2.42.